The molecule has 3 heteroatoms. The van der Waals surface area contributed by atoms with Crippen molar-refractivity contribution < 1.29 is 9.53 Å². The number of hydrogen-bond donors (Lipinski definition) is 1. The SMILES string of the molecule is CCC=C=C/C=C\C/C=C\C/C=C\CC/C=C/CC(C/C=C/C=C/C=C\C/C=C\C/C=C\CCCCC)OC(=O)CCCCN. The van der Waals surface area contributed by atoms with Crippen LogP contribution in [0.5, 0.6) is 0 Å². The third-order valence-electron chi connectivity index (χ3n) is 6.58. The van der Waals surface area contributed by atoms with Crippen LogP contribution in [0.4, 0.5) is 0 Å². The van der Waals surface area contributed by atoms with Crippen molar-refractivity contribution in [3.8, 4) is 0 Å². The molecule has 0 aliphatic carbocycles. The highest BCUT2D eigenvalue weighted by atomic mass is 16.5. The summed E-state index contributed by atoms with van der Waals surface area (Å²) in [6.07, 6.45) is 57.9. The van der Waals surface area contributed by atoms with Crippen LogP contribution < -0.4 is 5.73 Å². The van der Waals surface area contributed by atoms with Gasteiger partial charge in [0.2, 0.25) is 0 Å². The third kappa shape index (κ3) is 35.0. The molecular formula is C42H63NO2. The van der Waals surface area contributed by atoms with Gasteiger partial charge in [-0.2, -0.15) is 0 Å². The minimum Gasteiger partial charge on any atom is -0.462 e. The van der Waals surface area contributed by atoms with Crippen molar-refractivity contribution in [2.75, 3.05) is 6.54 Å². The van der Waals surface area contributed by atoms with Gasteiger partial charge in [-0.3, -0.25) is 4.79 Å². The van der Waals surface area contributed by atoms with E-state index in [1.165, 1.54) is 25.7 Å². The van der Waals surface area contributed by atoms with Gasteiger partial charge in [0, 0.05) is 19.3 Å². The first-order valence-electron chi connectivity index (χ1n) is 17.4. The first-order chi connectivity index (χ1) is 22.2. The molecule has 0 aliphatic rings. The number of nitrogens with two attached hydrogens (primary N) is 1. The third-order valence-corrected chi connectivity index (χ3v) is 6.58. The molecule has 0 bridgehead atoms. The zero-order chi connectivity index (χ0) is 32.7. The smallest absolute Gasteiger partial charge is 0.306 e. The molecule has 0 heterocycles. The van der Waals surface area contributed by atoms with Crippen LogP contribution in [-0.4, -0.2) is 18.6 Å². The van der Waals surface area contributed by atoms with Crippen LogP contribution in [0.1, 0.15) is 117 Å². The van der Waals surface area contributed by atoms with Gasteiger partial charge in [-0.05, 0) is 89.3 Å². The van der Waals surface area contributed by atoms with Gasteiger partial charge in [-0.25, -0.2) is 0 Å². The Bertz CT molecular complexity index is 1010. The topological polar surface area (TPSA) is 52.3 Å². The lowest BCUT2D eigenvalue weighted by molar-refractivity contribution is -0.148. The largest absolute Gasteiger partial charge is 0.462 e. The van der Waals surface area contributed by atoms with Gasteiger partial charge in [0.05, 0.1) is 0 Å². The maximum Gasteiger partial charge on any atom is 0.306 e. The summed E-state index contributed by atoms with van der Waals surface area (Å²) in [4.78, 5) is 12.3. The molecule has 0 aromatic carbocycles. The van der Waals surface area contributed by atoms with Crippen LogP contribution in [-0.2, 0) is 9.53 Å². The number of esters is 1. The maximum atomic E-state index is 12.3. The quantitative estimate of drug-likeness (QED) is 0.0314. The van der Waals surface area contributed by atoms with Gasteiger partial charge in [0.25, 0.3) is 0 Å². The Morgan fingerprint density at radius 3 is 1.87 bits per heavy atom. The number of unbranched alkanes of at least 4 members (excludes halogenated alkanes) is 5. The normalized spacial score (nSPS) is 13.4. The minimum absolute atomic E-state index is 0.134. The number of carbonyl (C=O) groups is 1. The van der Waals surface area contributed by atoms with Crippen LogP contribution in [0.15, 0.2) is 127 Å². The second-order valence-corrected chi connectivity index (χ2v) is 10.8. The van der Waals surface area contributed by atoms with Crippen molar-refractivity contribution in [3.63, 3.8) is 0 Å². The molecule has 0 amide bonds. The summed E-state index contributed by atoms with van der Waals surface area (Å²) in [5.41, 5.74) is 8.68. The Hall–Kier alpha value is -3.39. The van der Waals surface area contributed by atoms with E-state index in [0.717, 1.165) is 64.2 Å². The molecule has 0 aromatic rings. The molecule has 0 spiro atoms. The fourth-order valence-corrected chi connectivity index (χ4v) is 4.03. The molecule has 1 atom stereocenters. The Balaban J connectivity index is 4.41. The minimum atomic E-state index is -0.148. The monoisotopic (exact) mass is 613 g/mol. The van der Waals surface area contributed by atoms with Gasteiger partial charge in [0.15, 0.2) is 0 Å². The highest BCUT2D eigenvalue weighted by Gasteiger charge is 2.11. The zero-order valence-electron chi connectivity index (χ0n) is 28.5. The Morgan fingerprint density at radius 1 is 0.622 bits per heavy atom. The maximum absolute atomic E-state index is 12.3. The Morgan fingerprint density at radius 2 is 1.20 bits per heavy atom. The molecule has 1 unspecified atom stereocenters. The summed E-state index contributed by atoms with van der Waals surface area (Å²) >= 11 is 0. The fourth-order valence-electron chi connectivity index (χ4n) is 4.03. The second kappa shape index (κ2) is 36.8. The highest BCUT2D eigenvalue weighted by Crippen LogP contribution is 2.10. The molecular weight excluding hydrogens is 550 g/mol. The summed E-state index contributed by atoms with van der Waals surface area (Å²) < 4.78 is 5.78. The predicted octanol–water partition coefficient (Wildman–Crippen LogP) is 11.9. The van der Waals surface area contributed by atoms with E-state index < -0.39 is 0 Å². The lowest BCUT2D eigenvalue weighted by Crippen LogP contribution is -2.17. The van der Waals surface area contributed by atoms with E-state index in [1.807, 2.05) is 36.5 Å². The standard InChI is InChI=1S/C42H63NO2/c1-3-5-7-9-11-13-15-17-19-21-23-25-27-29-31-33-37-41(45-42(44)39-35-36-40-43)38-34-32-30-28-26-24-22-20-18-16-14-12-10-8-6-4-2/h5,9,11-14,17-20,23-26,28,30-34,41H,3-4,6,8,10,15-16,21-22,27,29,35-40,43H2,1-2H3/b13-11-,14-12-,19-17-,20-18-,25-23-,26-24-,30-28+,33-31+,34-32+. The molecule has 0 radical (unpaired) electrons. The number of hydrogen-bond acceptors (Lipinski definition) is 3. The van der Waals surface area contributed by atoms with Crippen molar-refractivity contribution in [1.29, 1.82) is 0 Å². The summed E-state index contributed by atoms with van der Waals surface area (Å²) in [6.45, 7) is 4.95. The number of rotatable bonds is 28. The lowest BCUT2D eigenvalue weighted by atomic mass is 10.1. The van der Waals surface area contributed by atoms with Crippen molar-refractivity contribution in [2.45, 2.75) is 123 Å². The summed E-state index contributed by atoms with van der Waals surface area (Å²) in [6, 6.07) is 0. The molecule has 0 rings (SSSR count). The van der Waals surface area contributed by atoms with Gasteiger partial charge >= 0.3 is 5.97 Å². The van der Waals surface area contributed by atoms with Crippen LogP contribution in [0.25, 0.3) is 0 Å². The van der Waals surface area contributed by atoms with Crippen LogP contribution in [0.3, 0.4) is 0 Å². The van der Waals surface area contributed by atoms with E-state index in [4.69, 9.17) is 10.5 Å². The summed E-state index contributed by atoms with van der Waals surface area (Å²) in [7, 11) is 0. The number of ether oxygens (including phenoxy) is 1. The van der Waals surface area contributed by atoms with Crippen molar-refractivity contribution in [1.82, 2.24) is 0 Å². The molecule has 0 fully saturated rings. The van der Waals surface area contributed by atoms with Gasteiger partial charge < -0.3 is 10.5 Å². The Labute approximate surface area is 277 Å². The zero-order valence-corrected chi connectivity index (χ0v) is 28.5. The van der Waals surface area contributed by atoms with Crippen molar-refractivity contribution in [3.05, 3.63) is 127 Å². The van der Waals surface area contributed by atoms with Crippen LogP contribution in [0.2, 0.25) is 0 Å². The van der Waals surface area contributed by atoms with E-state index in [2.05, 4.69) is 105 Å². The average Bonchev–Trinajstić information content (AvgIpc) is 3.04. The summed E-state index contributed by atoms with van der Waals surface area (Å²) in [5, 5.41) is 0. The predicted molar refractivity (Wildman–Crippen MR) is 199 cm³/mol. The highest BCUT2D eigenvalue weighted by molar-refractivity contribution is 5.69. The molecule has 2 N–H and O–H groups in total. The van der Waals surface area contributed by atoms with Crippen LogP contribution in [0, 0.1) is 0 Å². The molecule has 248 valence electrons. The van der Waals surface area contributed by atoms with E-state index in [-0.39, 0.29) is 12.1 Å². The van der Waals surface area contributed by atoms with E-state index in [0.29, 0.717) is 19.4 Å². The second-order valence-electron chi connectivity index (χ2n) is 10.8. The first-order valence-corrected chi connectivity index (χ1v) is 17.4. The molecule has 3 nitrogen and oxygen atoms in total. The number of allylic oxidation sites excluding steroid dienone is 17. The molecule has 0 aromatic heterocycles. The van der Waals surface area contributed by atoms with E-state index in [9.17, 15) is 4.79 Å². The van der Waals surface area contributed by atoms with E-state index in [1.54, 1.807) is 0 Å². The van der Waals surface area contributed by atoms with Crippen molar-refractivity contribution in [2.24, 2.45) is 5.73 Å². The molecule has 0 saturated carbocycles. The Kier molecular flexibility index (Phi) is 34.0. The fraction of sp³-hybridized carbons (Fsp3) is 0.476. The molecule has 45 heavy (non-hydrogen) atoms. The summed E-state index contributed by atoms with van der Waals surface area (Å²) in [5.74, 6) is -0.134. The number of carbonyl (C=O) groups excluding carboxylic acids is 1. The van der Waals surface area contributed by atoms with Crippen molar-refractivity contribution >= 4 is 5.97 Å². The van der Waals surface area contributed by atoms with Crippen LogP contribution >= 0.6 is 0 Å². The average molecular weight is 614 g/mol. The lowest BCUT2D eigenvalue weighted by Gasteiger charge is -2.14. The van der Waals surface area contributed by atoms with E-state index >= 15 is 0 Å². The molecule has 0 aliphatic heterocycles. The first kappa shape index (κ1) is 41.6. The van der Waals surface area contributed by atoms with Gasteiger partial charge in [-0.15, -0.1) is 5.73 Å². The molecule has 0 saturated heterocycles. The van der Waals surface area contributed by atoms with Gasteiger partial charge in [-0.1, -0.05) is 136 Å². The van der Waals surface area contributed by atoms with Gasteiger partial charge in [0.1, 0.15) is 6.10 Å².